The van der Waals surface area contributed by atoms with Gasteiger partial charge in [-0.15, -0.1) is 0 Å². The van der Waals surface area contributed by atoms with Crippen LogP contribution in [0.15, 0.2) is 96.5 Å². The Hall–Kier alpha value is -5.69. The van der Waals surface area contributed by atoms with Crippen LogP contribution in [0.4, 0.5) is 14.9 Å². The molecule has 6 rings (SSSR count). The summed E-state index contributed by atoms with van der Waals surface area (Å²) in [5, 5.41) is 3.56. The Morgan fingerprint density at radius 3 is 2.46 bits per heavy atom. The second-order valence-electron chi connectivity index (χ2n) is 12.8. The minimum absolute atomic E-state index is 0.0530. The van der Waals surface area contributed by atoms with Gasteiger partial charge in [-0.25, -0.2) is 26.6 Å². The van der Waals surface area contributed by atoms with Crippen molar-refractivity contribution in [1.82, 2.24) is 24.2 Å². The minimum atomic E-state index is -4.15. The second-order valence-corrected chi connectivity index (χ2v) is 14.6. The molecule has 0 bridgehead atoms. The first-order valence-electron chi connectivity index (χ1n) is 15.9. The lowest BCUT2D eigenvalue weighted by Gasteiger charge is -2.20. The van der Waals surface area contributed by atoms with Gasteiger partial charge in [0.15, 0.2) is 5.65 Å². The summed E-state index contributed by atoms with van der Waals surface area (Å²) in [6.07, 6.45) is 8.15. The van der Waals surface area contributed by atoms with Gasteiger partial charge in [-0.1, -0.05) is 23.8 Å². The third-order valence-electron chi connectivity index (χ3n) is 7.96. The number of aryl methyl sites for hydroxylation is 1. The number of halogens is 1. The fourth-order valence-corrected chi connectivity index (χ4v) is 6.92. The molecule has 0 saturated carbocycles. The van der Waals surface area contributed by atoms with Gasteiger partial charge in [-0.05, 0) is 87.7 Å². The predicted molar refractivity (Wildman–Crippen MR) is 190 cm³/mol. The van der Waals surface area contributed by atoms with Crippen LogP contribution in [-0.4, -0.2) is 58.5 Å². The fourth-order valence-electron chi connectivity index (χ4n) is 5.60. The molecule has 0 saturated heterocycles. The summed E-state index contributed by atoms with van der Waals surface area (Å²) in [6, 6.07) is 16.6. The Kier molecular flexibility index (Phi) is 9.35. The SMILES string of the molecule is Cc1ccc(S(=O)(=O)n2cc(-c3cc(F)c4nccc(-c5cccnc5)c4c3)c3cc(N(C=O)CCCNC(=O)OC(C)(C)C)cnc32)cc1. The number of carbonyl (C=O) groups is 2. The molecule has 0 spiro atoms. The first kappa shape index (κ1) is 34.2. The quantitative estimate of drug-likeness (QED) is 0.121. The number of nitrogens with zero attached hydrogens (tertiary/aromatic N) is 5. The lowest BCUT2D eigenvalue weighted by molar-refractivity contribution is -0.107. The molecule has 0 atom stereocenters. The third kappa shape index (κ3) is 7.03. The van der Waals surface area contributed by atoms with Crippen molar-refractivity contribution in [3.8, 4) is 22.3 Å². The standard InChI is InChI=1S/C37H35FN6O5S/c1-24-8-10-28(11-9-24)50(47,48)44-22-32(26-17-30-29(25-7-5-13-39-20-25)12-15-40-34(30)33(38)18-26)31-19-27(21-42-35(31)44)43(23-45)16-6-14-41-36(46)49-37(2,3)4/h5,7-13,15,17-23H,6,14,16H2,1-4H3,(H,41,46). The second kappa shape index (κ2) is 13.7. The molecule has 1 N–H and O–H groups in total. The molecule has 13 heteroatoms. The average Bonchev–Trinajstić information content (AvgIpc) is 3.48. The number of carbonyl (C=O) groups excluding carboxylic acids is 2. The number of rotatable bonds is 10. The summed E-state index contributed by atoms with van der Waals surface area (Å²) in [6.45, 7) is 7.61. The first-order valence-corrected chi connectivity index (χ1v) is 17.3. The topological polar surface area (TPSA) is 136 Å². The van der Waals surface area contributed by atoms with E-state index in [1.54, 1.807) is 69.6 Å². The lowest BCUT2D eigenvalue weighted by atomic mass is 9.98. The zero-order valence-electron chi connectivity index (χ0n) is 27.9. The molecule has 0 aliphatic carbocycles. The number of fused-ring (bicyclic) bond motifs is 2. The highest BCUT2D eigenvalue weighted by Crippen LogP contribution is 2.38. The van der Waals surface area contributed by atoms with Crippen molar-refractivity contribution >= 4 is 50.2 Å². The zero-order valence-corrected chi connectivity index (χ0v) is 28.7. The maximum absolute atomic E-state index is 15.8. The van der Waals surface area contributed by atoms with Gasteiger partial charge in [0.25, 0.3) is 10.0 Å². The van der Waals surface area contributed by atoms with Crippen LogP contribution in [0.2, 0.25) is 0 Å². The Bertz CT molecular complexity index is 2320. The summed E-state index contributed by atoms with van der Waals surface area (Å²) in [7, 11) is -4.15. The molecule has 4 aromatic heterocycles. The van der Waals surface area contributed by atoms with Crippen molar-refractivity contribution < 1.29 is 27.1 Å². The van der Waals surface area contributed by atoms with E-state index in [4.69, 9.17) is 4.74 Å². The molecule has 11 nitrogen and oxygen atoms in total. The summed E-state index contributed by atoms with van der Waals surface area (Å²) >= 11 is 0. The van der Waals surface area contributed by atoms with Gasteiger partial charge in [-0.3, -0.25) is 14.8 Å². The van der Waals surface area contributed by atoms with Crippen molar-refractivity contribution in [2.75, 3.05) is 18.0 Å². The highest BCUT2D eigenvalue weighted by atomic mass is 32.2. The Labute approximate surface area is 288 Å². The molecule has 6 aromatic rings. The zero-order chi connectivity index (χ0) is 35.6. The number of benzene rings is 2. The van der Waals surface area contributed by atoms with Gasteiger partial charge in [0, 0.05) is 59.8 Å². The molecule has 0 radical (unpaired) electrons. The molecule has 256 valence electrons. The number of alkyl carbamates (subject to hydrolysis) is 1. The maximum atomic E-state index is 15.8. The van der Waals surface area contributed by atoms with Crippen LogP contribution in [0.1, 0.15) is 32.8 Å². The molecule has 0 fully saturated rings. The van der Waals surface area contributed by atoms with Crippen molar-refractivity contribution in [2.45, 2.75) is 44.6 Å². The Morgan fingerprint density at radius 1 is 0.980 bits per heavy atom. The highest BCUT2D eigenvalue weighted by molar-refractivity contribution is 7.90. The van der Waals surface area contributed by atoms with E-state index < -0.39 is 27.5 Å². The van der Waals surface area contributed by atoms with Crippen molar-refractivity contribution in [1.29, 1.82) is 0 Å². The van der Waals surface area contributed by atoms with E-state index in [0.717, 1.165) is 15.1 Å². The summed E-state index contributed by atoms with van der Waals surface area (Å²) in [5.74, 6) is -0.596. The molecule has 0 unspecified atom stereocenters. The summed E-state index contributed by atoms with van der Waals surface area (Å²) in [4.78, 5) is 38.8. The van der Waals surface area contributed by atoms with Crippen LogP contribution in [0.25, 0.3) is 44.2 Å². The number of nitrogens with one attached hydrogen (secondary N) is 1. The molecule has 2 aromatic carbocycles. The number of amides is 2. The van der Waals surface area contributed by atoms with E-state index in [-0.39, 0.29) is 29.1 Å². The monoisotopic (exact) mass is 694 g/mol. The van der Waals surface area contributed by atoms with Gasteiger partial charge in [0.2, 0.25) is 6.41 Å². The van der Waals surface area contributed by atoms with Gasteiger partial charge >= 0.3 is 6.09 Å². The molecular weight excluding hydrogens is 660 g/mol. The van der Waals surface area contributed by atoms with Gasteiger partial charge < -0.3 is 15.0 Å². The number of hydrogen-bond acceptors (Lipinski definition) is 8. The van der Waals surface area contributed by atoms with Crippen LogP contribution in [-0.2, 0) is 19.6 Å². The first-order chi connectivity index (χ1) is 23.9. The fraction of sp³-hybridized carbons (Fsp3) is 0.216. The predicted octanol–water partition coefficient (Wildman–Crippen LogP) is 6.88. The average molecular weight is 695 g/mol. The van der Waals surface area contributed by atoms with E-state index in [9.17, 15) is 18.0 Å². The van der Waals surface area contributed by atoms with Crippen molar-refractivity contribution in [3.63, 3.8) is 0 Å². The molecular formula is C37H35FN6O5S. The summed E-state index contributed by atoms with van der Waals surface area (Å²) < 4.78 is 50.3. The van der Waals surface area contributed by atoms with Gasteiger partial charge in [0.1, 0.15) is 16.9 Å². The number of hydrogen-bond donors (Lipinski definition) is 1. The molecule has 4 heterocycles. The third-order valence-corrected chi connectivity index (χ3v) is 9.62. The van der Waals surface area contributed by atoms with Crippen LogP contribution < -0.4 is 10.2 Å². The molecule has 0 aliphatic rings. The largest absolute Gasteiger partial charge is 0.444 e. The molecule has 50 heavy (non-hydrogen) atoms. The minimum Gasteiger partial charge on any atom is -0.444 e. The highest BCUT2D eigenvalue weighted by Gasteiger charge is 2.25. The molecule has 0 aliphatic heterocycles. The van der Waals surface area contributed by atoms with Gasteiger partial charge in [-0.2, -0.15) is 0 Å². The Morgan fingerprint density at radius 2 is 1.76 bits per heavy atom. The Balaban J connectivity index is 1.45. The normalized spacial score (nSPS) is 11.9. The van der Waals surface area contributed by atoms with Crippen LogP contribution >= 0.6 is 0 Å². The van der Waals surface area contributed by atoms with Crippen LogP contribution in [0, 0.1) is 12.7 Å². The number of anilines is 1. The van der Waals surface area contributed by atoms with Crippen molar-refractivity contribution in [3.05, 3.63) is 103 Å². The number of ether oxygens (including phenoxy) is 1. The van der Waals surface area contributed by atoms with E-state index >= 15 is 4.39 Å². The van der Waals surface area contributed by atoms with E-state index in [1.807, 2.05) is 13.0 Å². The molecule has 2 amide bonds. The van der Waals surface area contributed by atoms with Crippen molar-refractivity contribution in [2.24, 2.45) is 0 Å². The van der Waals surface area contributed by atoms with Crippen LogP contribution in [0.5, 0.6) is 0 Å². The maximum Gasteiger partial charge on any atom is 0.407 e. The summed E-state index contributed by atoms with van der Waals surface area (Å²) in [5.41, 5.74) is 3.10. The van der Waals surface area contributed by atoms with Gasteiger partial charge in [0.05, 0.1) is 16.8 Å². The van der Waals surface area contributed by atoms with E-state index in [1.165, 1.54) is 41.7 Å². The smallest absolute Gasteiger partial charge is 0.407 e. The lowest BCUT2D eigenvalue weighted by Crippen LogP contribution is -2.34. The van der Waals surface area contributed by atoms with E-state index in [0.29, 0.717) is 46.0 Å². The van der Waals surface area contributed by atoms with Crippen LogP contribution in [0.3, 0.4) is 0 Å². The van der Waals surface area contributed by atoms with E-state index in [2.05, 4.69) is 20.3 Å². The number of aromatic nitrogens is 4. The number of pyridine rings is 3.